The number of hydrogen-bond donors (Lipinski definition) is 0. The summed E-state index contributed by atoms with van der Waals surface area (Å²) in [7, 11) is 0. The number of rotatable bonds is 4. The van der Waals surface area contributed by atoms with Gasteiger partial charge in [-0.05, 0) is 54.7 Å². The fourth-order valence-electron chi connectivity index (χ4n) is 2.96. The van der Waals surface area contributed by atoms with Crippen LogP contribution < -0.4 is 0 Å². The Labute approximate surface area is 103 Å². The van der Waals surface area contributed by atoms with Gasteiger partial charge in [0.2, 0.25) is 0 Å². The SMILES string of the molecule is CC(C(=O)Cc1ccc2c(c1)CCC2)C1CC1. The van der Waals surface area contributed by atoms with Crippen LogP contribution in [-0.4, -0.2) is 5.78 Å². The number of carbonyl (C=O) groups is 1. The molecule has 1 heteroatoms. The van der Waals surface area contributed by atoms with Crippen LogP contribution in [0.3, 0.4) is 0 Å². The van der Waals surface area contributed by atoms with Crippen molar-refractivity contribution in [2.75, 3.05) is 0 Å². The first kappa shape index (κ1) is 11.0. The topological polar surface area (TPSA) is 17.1 Å². The van der Waals surface area contributed by atoms with E-state index in [1.54, 1.807) is 0 Å². The molecule has 2 aliphatic carbocycles. The highest BCUT2D eigenvalue weighted by Gasteiger charge is 2.32. The molecule has 0 aromatic heterocycles. The van der Waals surface area contributed by atoms with E-state index in [2.05, 4.69) is 25.1 Å². The lowest BCUT2D eigenvalue weighted by Gasteiger charge is -2.09. The van der Waals surface area contributed by atoms with Gasteiger partial charge in [-0.3, -0.25) is 4.79 Å². The fraction of sp³-hybridized carbons (Fsp3) is 0.562. The van der Waals surface area contributed by atoms with E-state index < -0.39 is 0 Å². The molecule has 90 valence electrons. The van der Waals surface area contributed by atoms with Crippen molar-refractivity contribution >= 4 is 5.78 Å². The maximum absolute atomic E-state index is 12.1. The van der Waals surface area contributed by atoms with Crippen LogP contribution >= 0.6 is 0 Å². The Bertz CT molecular complexity index is 443. The van der Waals surface area contributed by atoms with Gasteiger partial charge in [0.1, 0.15) is 5.78 Å². The second kappa shape index (κ2) is 4.29. The summed E-state index contributed by atoms with van der Waals surface area (Å²) >= 11 is 0. The normalized spacial score (nSPS) is 20.1. The van der Waals surface area contributed by atoms with Gasteiger partial charge in [-0.25, -0.2) is 0 Å². The summed E-state index contributed by atoms with van der Waals surface area (Å²) < 4.78 is 0. The monoisotopic (exact) mass is 228 g/mol. The summed E-state index contributed by atoms with van der Waals surface area (Å²) in [6, 6.07) is 6.65. The van der Waals surface area contributed by atoms with Crippen LogP contribution in [0.4, 0.5) is 0 Å². The zero-order valence-electron chi connectivity index (χ0n) is 10.5. The van der Waals surface area contributed by atoms with Crippen LogP contribution in [0.25, 0.3) is 0 Å². The van der Waals surface area contributed by atoms with Crippen molar-refractivity contribution in [3.05, 3.63) is 34.9 Å². The van der Waals surface area contributed by atoms with Gasteiger partial charge >= 0.3 is 0 Å². The van der Waals surface area contributed by atoms with Crippen molar-refractivity contribution in [1.29, 1.82) is 0 Å². The van der Waals surface area contributed by atoms with Crippen molar-refractivity contribution < 1.29 is 4.79 Å². The maximum Gasteiger partial charge on any atom is 0.140 e. The average molecular weight is 228 g/mol. The minimum Gasteiger partial charge on any atom is -0.299 e. The zero-order chi connectivity index (χ0) is 11.8. The molecule has 1 nitrogen and oxygen atoms in total. The predicted octanol–water partition coefficient (Wildman–Crippen LogP) is 3.33. The molecule has 1 aromatic rings. The number of aryl methyl sites for hydroxylation is 2. The predicted molar refractivity (Wildman–Crippen MR) is 69.1 cm³/mol. The van der Waals surface area contributed by atoms with Gasteiger partial charge in [-0.2, -0.15) is 0 Å². The molecule has 0 saturated heterocycles. The van der Waals surface area contributed by atoms with Crippen molar-refractivity contribution in [2.24, 2.45) is 11.8 Å². The van der Waals surface area contributed by atoms with Gasteiger partial charge in [0, 0.05) is 12.3 Å². The number of Topliss-reactive ketones (excluding diaryl/α,β-unsaturated/α-hetero) is 1. The lowest BCUT2D eigenvalue weighted by Crippen LogP contribution is -2.15. The highest BCUT2D eigenvalue weighted by molar-refractivity contribution is 5.83. The summed E-state index contributed by atoms with van der Waals surface area (Å²) in [5, 5.41) is 0. The van der Waals surface area contributed by atoms with E-state index >= 15 is 0 Å². The minimum absolute atomic E-state index is 0.281. The van der Waals surface area contributed by atoms with Gasteiger partial charge in [-0.1, -0.05) is 25.1 Å². The molecule has 1 aromatic carbocycles. The lowest BCUT2D eigenvalue weighted by molar-refractivity contribution is -0.122. The van der Waals surface area contributed by atoms with E-state index in [4.69, 9.17) is 0 Å². The molecule has 1 atom stereocenters. The number of carbonyl (C=O) groups excluding carboxylic acids is 1. The van der Waals surface area contributed by atoms with Gasteiger partial charge in [0.15, 0.2) is 0 Å². The van der Waals surface area contributed by atoms with Crippen LogP contribution in [0.15, 0.2) is 18.2 Å². The Morgan fingerprint density at radius 3 is 2.82 bits per heavy atom. The molecule has 0 aliphatic heterocycles. The van der Waals surface area contributed by atoms with E-state index in [0.717, 1.165) is 0 Å². The zero-order valence-corrected chi connectivity index (χ0v) is 10.5. The van der Waals surface area contributed by atoms with Crippen molar-refractivity contribution in [3.63, 3.8) is 0 Å². The maximum atomic E-state index is 12.1. The van der Waals surface area contributed by atoms with E-state index in [1.807, 2.05) is 0 Å². The minimum atomic E-state index is 0.281. The molecular formula is C16H20O. The first-order valence-corrected chi connectivity index (χ1v) is 6.87. The molecule has 1 fully saturated rings. The molecule has 17 heavy (non-hydrogen) atoms. The largest absolute Gasteiger partial charge is 0.299 e. The van der Waals surface area contributed by atoms with Crippen LogP contribution in [0.2, 0.25) is 0 Å². The molecule has 0 amide bonds. The molecule has 0 N–H and O–H groups in total. The lowest BCUT2D eigenvalue weighted by atomic mass is 9.94. The molecule has 1 saturated carbocycles. The summed E-state index contributed by atoms with van der Waals surface area (Å²) in [4.78, 5) is 12.1. The molecule has 2 aliphatic rings. The highest BCUT2D eigenvalue weighted by Crippen LogP contribution is 2.37. The van der Waals surface area contributed by atoms with E-state index in [-0.39, 0.29) is 5.92 Å². The standard InChI is InChI=1S/C16H20O/c1-11(13-7-8-13)16(17)10-12-5-6-14-3-2-4-15(14)9-12/h5-6,9,11,13H,2-4,7-8,10H2,1H3. The Morgan fingerprint density at radius 1 is 1.29 bits per heavy atom. The molecule has 0 spiro atoms. The molecule has 1 unspecified atom stereocenters. The first-order valence-electron chi connectivity index (χ1n) is 6.87. The number of ketones is 1. The molecule has 3 rings (SSSR count). The first-order chi connectivity index (χ1) is 8.24. The third-order valence-corrected chi connectivity index (χ3v) is 4.38. The third-order valence-electron chi connectivity index (χ3n) is 4.38. The summed E-state index contributed by atoms with van der Waals surface area (Å²) in [6.07, 6.45) is 6.88. The van der Waals surface area contributed by atoms with Crippen molar-refractivity contribution in [3.8, 4) is 0 Å². The molecular weight excluding hydrogens is 208 g/mol. The van der Waals surface area contributed by atoms with Gasteiger partial charge < -0.3 is 0 Å². The van der Waals surface area contributed by atoms with Crippen molar-refractivity contribution in [1.82, 2.24) is 0 Å². The van der Waals surface area contributed by atoms with Gasteiger partial charge in [0.25, 0.3) is 0 Å². The van der Waals surface area contributed by atoms with Crippen molar-refractivity contribution in [2.45, 2.75) is 45.4 Å². The van der Waals surface area contributed by atoms with E-state index in [0.29, 0.717) is 18.1 Å². The second-order valence-electron chi connectivity index (χ2n) is 5.73. The quantitative estimate of drug-likeness (QED) is 0.772. The number of hydrogen-bond acceptors (Lipinski definition) is 1. The van der Waals surface area contributed by atoms with Crippen LogP contribution in [0.1, 0.15) is 42.9 Å². The summed E-state index contributed by atoms with van der Waals surface area (Å²) in [5.41, 5.74) is 4.20. The average Bonchev–Trinajstić information content (AvgIpc) is 3.07. The molecule has 0 bridgehead atoms. The van der Waals surface area contributed by atoms with Gasteiger partial charge in [-0.15, -0.1) is 0 Å². The summed E-state index contributed by atoms with van der Waals surface area (Å²) in [6.45, 7) is 2.10. The Morgan fingerprint density at radius 2 is 2.06 bits per heavy atom. The van der Waals surface area contributed by atoms with E-state index in [9.17, 15) is 4.79 Å². The molecule has 0 heterocycles. The highest BCUT2D eigenvalue weighted by atomic mass is 16.1. The Balaban J connectivity index is 1.70. The van der Waals surface area contributed by atoms with E-state index in [1.165, 1.54) is 48.8 Å². The third kappa shape index (κ3) is 2.29. The van der Waals surface area contributed by atoms with Crippen LogP contribution in [0.5, 0.6) is 0 Å². The van der Waals surface area contributed by atoms with Crippen LogP contribution in [-0.2, 0) is 24.1 Å². The number of benzene rings is 1. The second-order valence-corrected chi connectivity index (χ2v) is 5.73. The Kier molecular flexibility index (Phi) is 2.78. The Hall–Kier alpha value is -1.11. The fourth-order valence-corrected chi connectivity index (χ4v) is 2.96. The number of fused-ring (bicyclic) bond motifs is 1. The van der Waals surface area contributed by atoms with Gasteiger partial charge in [0.05, 0.1) is 0 Å². The smallest absolute Gasteiger partial charge is 0.140 e. The molecule has 0 radical (unpaired) electrons. The summed E-state index contributed by atoms with van der Waals surface area (Å²) in [5.74, 6) is 1.41. The van der Waals surface area contributed by atoms with Crippen LogP contribution in [0, 0.1) is 11.8 Å².